The monoisotopic (exact) mass is 404 g/mol. The molecule has 0 spiro atoms. The highest BCUT2D eigenvalue weighted by Gasteiger charge is 2.12. The van der Waals surface area contributed by atoms with Gasteiger partial charge in [-0.1, -0.05) is 53.8 Å². The third-order valence-corrected chi connectivity index (χ3v) is 5.63. The molecule has 0 aliphatic rings. The van der Waals surface area contributed by atoms with Gasteiger partial charge in [0.25, 0.3) is 5.91 Å². The Bertz CT molecular complexity index is 1270. The molecule has 0 aliphatic heterocycles. The Balaban J connectivity index is 1.65. The van der Waals surface area contributed by atoms with E-state index in [9.17, 15) is 14.0 Å². The predicted molar refractivity (Wildman–Crippen MR) is 112 cm³/mol. The maximum atomic E-state index is 13.5. The molecular weight excluding hydrogens is 387 g/mol. The van der Waals surface area contributed by atoms with Gasteiger partial charge in [0.05, 0.1) is 10.2 Å². The number of carbonyl (C=O) groups is 2. The molecule has 1 amide bonds. The third kappa shape index (κ3) is 3.79. The first-order valence-corrected chi connectivity index (χ1v) is 9.96. The van der Waals surface area contributed by atoms with Gasteiger partial charge in [0, 0.05) is 23.2 Å². The van der Waals surface area contributed by atoms with Crippen LogP contribution in [0.4, 0.5) is 4.39 Å². The fraction of sp³-hybridized carbons (Fsp3) is 0.0870. The number of amides is 1. The van der Waals surface area contributed by atoms with E-state index in [1.807, 2.05) is 29.7 Å². The Morgan fingerprint density at radius 1 is 0.931 bits per heavy atom. The summed E-state index contributed by atoms with van der Waals surface area (Å²) in [5.41, 5.74) is 2.33. The van der Waals surface area contributed by atoms with Gasteiger partial charge in [-0.15, -0.1) is 0 Å². The van der Waals surface area contributed by atoms with Crippen molar-refractivity contribution in [1.29, 1.82) is 0 Å². The van der Waals surface area contributed by atoms with Crippen molar-refractivity contribution in [1.82, 2.24) is 4.57 Å². The van der Waals surface area contributed by atoms with Gasteiger partial charge in [-0.25, -0.2) is 4.39 Å². The van der Waals surface area contributed by atoms with Gasteiger partial charge in [0.2, 0.25) is 0 Å². The van der Waals surface area contributed by atoms with Gasteiger partial charge in [-0.05, 0) is 37.3 Å². The number of halogens is 1. The standard InChI is InChI=1S/C23H17FN2O2S/c1-2-26-19-13-12-18(24)14-20(19)29-23(26)25-22(28)17-10-8-16(9-11-17)21(27)15-6-4-3-5-7-15/h3-14H,2H2,1H3. The summed E-state index contributed by atoms with van der Waals surface area (Å²) in [6.45, 7) is 2.56. The van der Waals surface area contributed by atoms with Crippen molar-refractivity contribution < 1.29 is 14.0 Å². The maximum absolute atomic E-state index is 13.5. The fourth-order valence-corrected chi connectivity index (χ4v) is 4.23. The van der Waals surface area contributed by atoms with Crippen molar-refractivity contribution in [2.24, 2.45) is 4.99 Å². The molecule has 0 saturated heterocycles. The number of rotatable bonds is 4. The molecule has 0 saturated carbocycles. The van der Waals surface area contributed by atoms with E-state index < -0.39 is 5.91 Å². The fourth-order valence-electron chi connectivity index (χ4n) is 3.11. The van der Waals surface area contributed by atoms with E-state index in [2.05, 4.69) is 4.99 Å². The van der Waals surface area contributed by atoms with Crippen LogP contribution in [-0.4, -0.2) is 16.3 Å². The van der Waals surface area contributed by atoms with Crippen molar-refractivity contribution >= 4 is 33.2 Å². The minimum Gasteiger partial charge on any atom is -0.317 e. The second-order valence-corrected chi connectivity index (χ2v) is 7.44. The molecule has 4 aromatic rings. The highest BCUT2D eigenvalue weighted by Crippen LogP contribution is 2.19. The molecule has 29 heavy (non-hydrogen) atoms. The molecule has 6 heteroatoms. The van der Waals surface area contributed by atoms with Crippen molar-refractivity contribution in [3.05, 3.63) is 100 Å². The zero-order chi connectivity index (χ0) is 20.4. The summed E-state index contributed by atoms with van der Waals surface area (Å²) < 4.78 is 16.1. The summed E-state index contributed by atoms with van der Waals surface area (Å²) in [4.78, 5) is 29.9. The van der Waals surface area contributed by atoms with Gasteiger partial charge >= 0.3 is 0 Å². The van der Waals surface area contributed by atoms with Crippen LogP contribution >= 0.6 is 11.3 Å². The van der Waals surface area contributed by atoms with Crippen LogP contribution in [0.5, 0.6) is 0 Å². The van der Waals surface area contributed by atoms with Gasteiger partial charge in [0.1, 0.15) is 5.82 Å². The van der Waals surface area contributed by atoms with Crippen LogP contribution in [0.3, 0.4) is 0 Å². The smallest absolute Gasteiger partial charge is 0.279 e. The highest BCUT2D eigenvalue weighted by molar-refractivity contribution is 7.16. The summed E-state index contributed by atoms with van der Waals surface area (Å²) in [6.07, 6.45) is 0. The van der Waals surface area contributed by atoms with E-state index in [0.717, 1.165) is 10.2 Å². The topological polar surface area (TPSA) is 51.4 Å². The van der Waals surface area contributed by atoms with Crippen LogP contribution < -0.4 is 4.80 Å². The summed E-state index contributed by atoms with van der Waals surface area (Å²) in [6, 6.07) is 20.0. The number of fused-ring (bicyclic) bond motifs is 1. The molecule has 144 valence electrons. The van der Waals surface area contributed by atoms with Crippen molar-refractivity contribution in [2.75, 3.05) is 0 Å². The number of aromatic nitrogens is 1. The number of hydrogen-bond acceptors (Lipinski definition) is 3. The minimum atomic E-state index is -0.405. The molecule has 3 aromatic carbocycles. The first-order chi connectivity index (χ1) is 14.1. The Morgan fingerprint density at radius 3 is 2.28 bits per heavy atom. The molecule has 0 atom stereocenters. The molecule has 0 fully saturated rings. The lowest BCUT2D eigenvalue weighted by Crippen LogP contribution is -2.16. The lowest BCUT2D eigenvalue weighted by molar-refractivity contribution is 0.0994. The van der Waals surface area contributed by atoms with Gasteiger partial charge < -0.3 is 4.57 Å². The Morgan fingerprint density at radius 2 is 1.59 bits per heavy atom. The molecule has 0 unspecified atom stereocenters. The molecule has 1 aromatic heterocycles. The zero-order valence-corrected chi connectivity index (χ0v) is 16.4. The molecule has 4 nitrogen and oxygen atoms in total. The molecule has 4 rings (SSSR count). The number of hydrogen-bond donors (Lipinski definition) is 0. The SMILES string of the molecule is CCn1c(=NC(=O)c2ccc(C(=O)c3ccccc3)cc2)sc2cc(F)ccc21. The first-order valence-electron chi connectivity index (χ1n) is 9.14. The quantitative estimate of drug-likeness (QED) is 0.457. The third-order valence-electron chi connectivity index (χ3n) is 4.59. The number of nitrogens with zero attached hydrogens (tertiary/aromatic N) is 2. The highest BCUT2D eigenvalue weighted by atomic mass is 32.1. The number of carbonyl (C=O) groups excluding carboxylic acids is 2. The molecule has 1 heterocycles. The van der Waals surface area contributed by atoms with E-state index >= 15 is 0 Å². The second kappa shape index (κ2) is 7.93. The summed E-state index contributed by atoms with van der Waals surface area (Å²) in [7, 11) is 0. The van der Waals surface area contributed by atoms with Crippen LogP contribution in [0.25, 0.3) is 10.2 Å². The molecule has 0 N–H and O–H groups in total. The molecular formula is C23H17FN2O2S. The van der Waals surface area contributed by atoms with Gasteiger partial charge in [-0.3, -0.25) is 9.59 Å². The Hall–Kier alpha value is -3.38. The van der Waals surface area contributed by atoms with Gasteiger partial charge in [-0.2, -0.15) is 4.99 Å². The van der Waals surface area contributed by atoms with Crippen LogP contribution in [0.1, 0.15) is 33.2 Å². The number of benzene rings is 3. The van der Waals surface area contributed by atoms with Crippen molar-refractivity contribution in [3.63, 3.8) is 0 Å². The number of thiazole rings is 1. The van der Waals surface area contributed by atoms with E-state index in [4.69, 9.17) is 0 Å². The van der Waals surface area contributed by atoms with Gasteiger partial charge in [0.15, 0.2) is 10.6 Å². The van der Waals surface area contributed by atoms with Crippen LogP contribution in [-0.2, 0) is 6.54 Å². The van der Waals surface area contributed by atoms with E-state index in [1.54, 1.807) is 42.5 Å². The van der Waals surface area contributed by atoms with Crippen LogP contribution in [0.2, 0.25) is 0 Å². The van der Waals surface area contributed by atoms with Crippen molar-refractivity contribution in [2.45, 2.75) is 13.5 Å². The first kappa shape index (κ1) is 19.0. The van der Waals surface area contributed by atoms with E-state index in [1.165, 1.54) is 23.5 Å². The zero-order valence-electron chi connectivity index (χ0n) is 15.6. The predicted octanol–water partition coefficient (Wildman–Crippen LogP) is 4.83. The molecule has 0 aliphatic carbocycles. The molecule has 0 radical (unpaired) electrons. The Kier molecular flexibility index (Phi) is 5.18. The average molecular weight is 404 g/mol. The maximum Gasteiger partial charge on any atom is 0.279 e. The average Bonchev–Trinajstić information content (AvgIpc) is 3.09. The lowest BCUT2D eigenvalue weighted by Gasteiger charge is -2.02. The summed E-state index contributed by atoms with van der Waals surface area (Å²) in [5, 5.41) is 0. The second-order valence-electron chi connectivity index (χ2n) is 6.43. The molecule has 0 bridgehead atoms. The minimum absolute atomic E-state index is 0.100. The lowest BCUT2D eigenvalue weighted by atomic mass is 10.0. The van der Waals surface area contributed by atoms with E-state index in [0.29, 0.717) is 28.0 Å². The van der Waals surface area contributed by atoms with E-state index in [-0.39, 0.29) is 11.6 Å². The van der Waals surface area contributed by atoms with Crippen LogP contribution in [0, 0.1) is 5.82 Å². The largest absolute Gasteiger partial charge is 0.317 e. The summed E-state index contributed by atoms with van der Waals surface area (Å²) >= 11 is 1.27. The normalized spacial score (nSPS) is 11.7. The summed E-state index contributed by atoms with van der Waals surface area (Å²) in [5.74, 6) is -0.826. The number of ketones is 1. The number of aryl methyl sites for hydroxylation is 1. The Labute approximate surface area is 170 Å². The van der Waals surface area contributed by atoms with Crippen LogP contribution in [0.15, 0.2) is 77.8 Å². The van der Waals surface area contributed by atoms with Crippen molar-refractivity contribution in [3.8, 4) is 0 Å².